The lowest BCUT2D eigenvalue weighted by Gasteiger charge is -2.33. The molecule has 0 bridgehead atoms. The van der Waals surface area contributed by atoms with E-state index in [0.29, 0.717) is 0 Å². The van der Waals surface area contributed by atoms with Gasteiger partial charge in [-0.15, -0.1) is 0 Å². The zero-order valence-corrected chi connectivity index (χ0v) is 23.6. The van der Waals surface area contributed by atoms with Crippen LogP contribution in [0.3, 0.4) is 0 Å². The van der Waals surface area contributed by atoms with Gasteiger partial charge in [0.2, 0.25) is 0 Å². The van der Waals surface area contributed by atoms with Crippen molar-refractivity contribution in [3.63, 3.8) is 0 Å². The average Bonchev–Trinajstić information content (AvgIpc) is 2.83. The van der Waals surface area contributed by atoms with Crippen LogP contribution in [0, 0.1) is 5.92 Å². The highest BCUT2D eigenvalue weighted by molar-refractivity contribution is 5.80. The quantitative estimate of drug-likeness (QED) is 0.0803. The van der Waals surface area contributed by atoms with Gasteiger partial charge in [-0.05, 0) is 0 Å². The highest BCUT2D eigenvalue weighted by atomic mass is 19.4. The number of carbonyl (C=O) groups is 2. The summed E-state index contributed by atoms with van der Waals surface area (Å²) in [5, 5.41) is 2.50. The standard InChI is InChI=1S/C22H27F18N2O4/c1-42(2,3)7-6-41-11-12(14(44)46-9-5-16(25,26)18(29,30)20(33,34)22(38,39)40)10-13(43)45-8-4-15(23,24)17(27,28)19(31,32)21(35,36)37/h12,41H,4-11H2,1-3H3/q+1. The van der Waals surface area contributed by atoms with Crippen LogP contribution < -0.4 is 5.32 Å². The lowest BCUT2D eigenvalue weighted by Crippen LogP contribution is -2.61. The van der Waals surface area contributed by atoms with Crippen LogP contribution in [0.25, 0.3) is 0 Å². The van der Waals surface area contributed by atoms with Gasteiger partial charge in [0.15, 0.2) is 0 Å². The van der Waals surface area contributed by atoms with Crippen molar-refractivity contribution in [2.45, 2.75) is 67.2 Å². The summed E-state index contributed by atoms with van der Waals surface area (Å²) in [6, 6.07) is 0. The molecule has 1 unspecified atom stereocenters. The van der Waals surface area contributed by atoms with E-state index in [1.807, 2.05) is 0 Å². The SMILES string of the molecule is C[N+](C)(C)CCNCC(CC(=O)OCCC(F)(F)C(F)(F)C(F)(F)C(F)(F)F)C(=O)OCCC(F)(F)C(F)(F)C(F)(F)C(F)(F)F. The fourth-order valence-corrected chi connectivity index (χ4v) is 3.01. The van der Waals surface area contributed by atoms with Crippen LogP contribution in [-0.2, 0) is 19.1 Å². The third kappa shape index (κ3) is 10.3. The van der Waals surface area contributed by atoms with Gasteiger partial charge in [-0.2, -0.15) is 79.0 Å². The zero-order valence-electron chi connectivity index (χ0n) is 23.6. The van der Waals surface area contributed by atoms with E-state index < -0.39 is 105 Å². The van der Waals surface area contributed by atoms with Gasteiger partial charge in [0.25, 0.3) is 0 Å². The number of halogens is 18. The molecule has 0 spiro atoms. The van der Waals surface area contributed by atoms with E-state index in [0.717, 1.165) is 0 Å². The number of quaternary nitrogens is 1. The fraction of sp³-hybridized carbons (Fsp3) is 0.909. The molecule has 0 fully saturated rings. The molecule has 274 valence electrons. The second-order valence-corrected chi connectivity index (χ2v) is 10.7. The first-order valence-corrected chi connectivity index (χ1v) is 12.3. The van der Waals surface area contributed by atoms with Gasteiger partial charge in [-0.3, -0.25) is 9.59 Å². The largest absolute Gasteiger partial charge is 0.465 e. The molecule has 0 aliphatic carbocycles. The third-order valence-corrected chi connectivity index (χ3v) is 5.86. The molecule has 0 amide bonds. The first kappa shape index (κ1) is 43.6. The Hall–Kier alpha value is -2.40. The number of nitrogens with zero attached hydrogens (tertiary/aromatic N) is 1. The number of alkyl halides is 18. The highest BCUT2D eigenvalue weighted by Crippen LogP contribution is 2.55. The van der Waals surface area contributed by atoms with Crippen molar-refractivity contribution in [2.75, 3.05) is 54.0 Å². The Bertz CT molecular complexity index is 1020. The van der Waals surface area contributed by atoms with E-state index in [-0.39, 0.29) is 17.6 Å². The molecule has 6 nitrogen and oxygen atoms in total. The van der Waals surface area contributed by atoms with E-state index in [9.17, 15) is 88.6 Å². The van der Waals surface area contributed by atoms with Gasteiger partial charge in [0.05, 0.1) is 66.1 Å². The second-order valence-electron chi connectivity index (χ2n) is 10.7. The smallest absolute Gasteiger partial charge is 0.460 e. The molecule has 0 aromatic rings. The van der Waals surface area contributed by atoms with Gasteiger partial charge in [0, 0.05) is 13.1 Å². The van der Waals surface area contributed by atoms with Crippen molar-refractivity contribution in [1.82, 2.24) is 5.32 Å². The van der Waals surface area contributed by atoms with Gasteiger partial charge in [-0.1, -0.05) is 0 Å². The summed E-state index contributed by atoms with van der Waals surface area (Å²) in [5.74, 6) is -46.4. The molecule has 0 aromatic heterocycles. The minimum Gasteiger partial charge on any atom is -0.465 e. The molecule has 0 aliphatic heterocycles. The number of nitrogens with one attached hydrogen (secondary N) is 1. The molecule has 1 N–H and O–H groups in total. The normalized spacial score (nSPS) is 15.5. The minimum atomic E-state index is -7.24. The topological polar surface area (TPSA) is 64.6 Å². The number of hydrogen-bond donors (Lipinski definition) is 1. The van der Waals surface area contributed by atoms with Gasteiger partial charge in [-0.25, -0.2) is 0 Å². The van der Waals surface area contributed by atoms with Crippen LogP contribution in [0.15, 0.2) is 0 Å². The minimum absolute atomic E-state index is 0.00608. The predicted octanol–water partition coefficient (Wildman–Crippen LogP) is 6.09. The van der Waals surface area contributed by atoms with Crippen LogP contribution in [0.5, 0.6) is 0 Å². The van der Waals surface area contributed by atoms with Crippen LogP contribution in [0.4, 0.5) is 79.0 Å². The maximum absolute atomic E-state index is 13.7. The molecule has 0 saturated heterocycles. The lowest BCUT2D eigenvalue weighted by atomic mass is 10.0. The molecule has 0 aromatic carbocycles. The van der Waals surface area contributed by atoms with Crippen LogP contribution in [0.1, 0.15) is 19.3 Å². The van der Waals surface area contributed by atoms with Gasteiger partial charge < -0.3 is 19.3 Å². The summed E-state index contributed by atoms with van der Waals surface area (Å²) in [7, 11) is 4.98. The van der Waals surface area contributed by atoms with Crippen molar-refractivity contribution >= 4 is 11.9 Å². The van der Waals surface area contributed by atoms with E-state index in [1.54, 1.807) is 21.1 Å². The Morgan fingerprint density at radius 2 is 0.978 bits per heavy atom. The monoisotopic (exact) mass is 725 g/mol. The van der Waals surface area contributed by atoms with Gasteiger partial charge >= 0.3 is 59.8 Å². The van der Waals surface area contributed by atoms with E-state index >= 15 is 0 Å². The zero-order chi connectivity index (χ0) is 37.0. The maximum Gasteiger partial charge on any atom is 0.460 e. The molecule has 0 rings (SSSR count). The summed E-state index contributed by atoms with van der Waals surface area (Å²) in [4.78, 5) is 24.3. The van der Waals surface area contributed by atoms with Gasteiger partial charge in [0.1, 0.15) is 0 Å². The first-order valence-electron chi connectivity index (χ1n) is 12.3. The summed E-state index contributed by atoms with van der Waals surface area (Å²) in [6.07, 6.45) is -20.8. The Morgan fingerprint density at radius 3 is 1.33 bits per heavy atom. The fourth-order valence-electron chi connectivity index (χ4n) is 3.01. The second kappa shape index (κ2) is 14.4. The molecule has 0 heterocycles. The van der Waals surface area contributed by atoms with Crippen LogP contribution in [0.2, 0.25) is 0 Å². The van der Waals surface area contributed by atoms with Crippen LogP contribution in [-0.4, -0.2) is 118 Å². The number of hydrogen-bond acceptors (Lipinski definition) is 5. The number of esters is 2. The van der Waals surface area contributed by atoms with E-state index in [1.165, 1.54) is 0 Å². The van der Waals surface area contributed by atoms with Crippen LogP contribution >= 0.6 is 0 Å². The molecular weight excluding hydrogens is 698 g/mol. The molecule has 46 heavy (non-hydrogen) atoms. The van der Waals surface area contributed by atoms with E-state index in [4.69, 9.17) is 0 Å². The van der Waals surface area contributed by atoms with Crippen molar-refractivity contribution in [3.05, 3.63) is 0 Å². The molecule has 0 saturated carbocycles. The summed E-state index contributed by atoms with van der Waals surface area (Å²) in [5.41, 5.74) is 0. The van der Waals surface area contributed by atoms with Crippen molar-refractivity contribution < 1.29 is 103 Å². The lowest BCUT2D eigenvalue weighted by molar-refractivity contribution is -0.869. The number of rotatable bonds is 18. The Morgan fingerprint density at radius 1 is 0.609 bits per heavy atom. The summed E-state index contributed by atoms with van der Waals surface area (Å²) < 4.78 is 241. The Balaban J connectivity index is 5.57. The van der Waals surface area contributed by atoms with Crippen molar-refractivity contribution in [1.29, 1.82) is 0 Å². The predicted molar refractivity (Wildman–Crippen MR) is 117 cm³/mol. The number of ether oxygens (including phenoxy) is 2. The van der Waals surface area contributed by atoms with Crippen molar-refractivity contribution in [2.24, 2.45) is 5.92 Å². The highest BCUT2D eigenvalue weighted by Gasteiger charge is 2.82. The average molecular weight is 725 g/mol. The number of carbonyl (C=O) groups excluding carboxylic acids is 2. The third-order valence-electron chi connectivity index (χ3n) is 5.86. The maximum atomic E-state index is 13.7. The Labute approximate surface area is 247 Å². The molecule has 0 radical (unpaired) electrons. The molecule has 1 atom stereocenters. The van der Waals surface area contributed by atoms with E-state index in [2.05, 4.69) is 14.8 Å². The molecule has 0 aliphatic rings. The summed E-state index contributed by atoms with van der Waals surface area (Å²) >= 11 is 0. The Kier molecular flexibility index (Phi) is 13.6. The first-order chi connectivity index (χ1) is 20.1. The van der Waals surface area contributed by atoms with Crippen molar-refractivity contribution in [3.8, 4) is 0 Å². The molecular formula is C22H27F18N2O4+. The molecule has 24 heteroatoms. The number of likely N-dealkylation sites (N-methyl/N-ethyl adjacent to an activating group) is 1. The summed E-state index contributed by atoms with van der Waals surface area (Å²) in [6.45, 7) is -4.34.